The van der Waals surface area contributed by atoms with Gasteiger partial charge in [0.15, 0.2) is 34.5 Å². The first-order chi connectivity index (χ1) is 22.3. The zero-order valence-corrected chi connectivity index (χ0v) is 27.6. The zero-order chi connectivity index (χ0) is 32.4. The highest BCUT2D eigenvalue weighted by molar-refractivity contribution is 5.52. The highest BCUT2D eigenvalue weighted by Gasteiger charge is 2.29. The standard InChI is InChI=1S/C38H44N2O6/c1-39-15-13-26-20-35(42-3)37(44-5)22-29(26)31(39)17-24-7-10-28(11-8-24)46-34-19-25(9-12-33(34)41)18-32-30-23-38(45-6)36(43-4)21-27(30)14-16-40(32)2/h7-12,19-23,31-32,41H,13-18H2,1-6H3/t31-,32+/m1/s1. The molecule has 0 aliphatic carbocycles. The fraction of sp³-hybridized carbons (Fsp3) is 0.368. The Bertz CT molecular complexity index is 1690. The van der Waals surface area contributed by atoms with Crippen LogP contribution < -0.4 is 23.7 Å². The van der Waals surface area contributed by atoms with E-state index in [9.17, 15) is 5.11 Å². The number of ether oxygens (including phenoxy) is 5. The van der Waals surface area contributed by atoms with Gasteiger partial charge >= 0.3 is 0 Å². The maximum Gasteiger partial charge on any atom is 0.169 e. The molecule has 2 aliphatic heterocycles. The van der Waals surface area contributed by atoms with E-state index >= 15 is 0 Å². The molecule has 0 spiro atoms. The van der Waals surface area contributed by atoms with E-state index in [1.165, 1.54) is 27.8 Å². The molecule has 0 unspecified atom stereocenters. The third-order valence-electron chi connectivity index (χ3n) is 9.57. The Balaban J connectivity index is 1.18. The van der Waals surface area contributed by atoms with Crippen LogP contribution in [0.3, 0.4) is 0 Å². The Morgan fingerprint density at radius 3 is 1.54 bits per heavy atom. The predicted octanol–water partition coefficient (Wildman–Crippen LogP) is 6.76. The molecule has 4 aromatic carbocycles. The first kappa shape index (κ1) is 31.6. The van der Waals surface area contributed by atoms with Crippen molar-refractivity contribution in [1.82, 2.24) is 9.80 Å². The minimum Gasteiger partial charge on any atom is -0.504 e. The topological polar surface area (TPSA) is 72.9 Å². The lowest BCUT2D eigenvalue weighted by Gasteiger charge is -2.35. The SMILES string of the molecule is COc1cc2c(cc1OC)[C@@H](Cc1ccc(Oc3cc(C[C@H]4c5cc(OC)c(OC)cc5CCN4C)ccc3O)cc1)N(C)CC2. The van der Waals surface area contributed by atoms with Gasteiger partial charge in [0, 0.05) is 25.2 Å². The molecule has 0 fully saturated rings. The monoisotopic (exact) mass is 624 g/mol. The molecule has 0 amide bonds. The van der Waals surface area contributed by atoms with E-state index in [0.717, 1.165) is 67.3 Å². The van der Waals surface area contributed by atoms with Crippen molar-refractivity contribution in [3.05, 3.63) is 100 Å². The molecule has 0 aromatic heterocycles. The number of phenols is 1. The molecule has 0 radical (unpaired) electrons. The Hall–Kier alpha value is -4.40. The highest BCUT2D eigenvalue weighted by Crippen LogP contribution is 2.41. The number of rotatable bonds is 10. The molecule has 4 aromatic rings. The lowest BCUT2D eigenvalue weighted by atomic mass is 9.88. The number of likely N-dealkylation sites (N-methyl/N-ethyl adjacent to an activating group) is 2. The average Bonchev–Trinajstić information content (AvgIpc) is 3.08. The van der Waals surface area contributed by atoms with Gasteiger partial charge in [0.25, 0.3) is 0 Å². The van der Waals surface area contributed by atoms with E-state index in [-0.39, 0.29) is 17.8 Å². The van der Waals surface area contributed by atoms with E-state index < -0.39 is 0 Å². The Morgan fingerprint density at radius 1 is 0.587 bits per heavy atom. The summed E-state index contributed by atoms with van der Waals surface area (Å²) in [5, 5.41) is 10.7. The fourth-order valence-electron chi connectivity index (χ4n) is 6.87. The molecule has 2 atom stereocenters. The molecule has 8 heteroatoms. The predicted molar refractivity (Wildman–Crippen MR) is 179 cm³/mol. The van der Waals surface area contributed by atoms with E-state index in [0.29, 0.717) is 11.5 Å². The third kappa shape index (κ3) is 6.32. The molecule has 0 bridgehead atoms. The molecule has 2 aliphatic rings. The van der Waals surface area contributed by atoms with Gasteiger partial charge in [0.1, 0.15) is 5.75 Å². The number of aromatic hydroxyl groups is 1. The van der Waals surface area contributed by atoms with Crippen LogP contribution >= 0.6 is 0 Å². The number of nitrogens with zero attached hydrogens (tertiary/aromatic N) is 2. The summed E-state index contributed by atoms with van der Waals surface area (Å²) in [6.07, 6.45) is 3.55. The van der Waals surface area contributed by atoms with Crippen molar-refractivity contribution in [1.29, 1.82) is 0 Å². The quantitative estimate of drug-likeness (QED) is 0.208. The number of hydrogen-bond acceptors (Lipinski definition) is 8. The van der Waals surface area contributed by atoms with Gasteiger partial charge in [-0.2, -0.15) is 0 Å². The van der Waals surface area contributed by atoms with Crippen molar-refractivity contribution in [3.8, 4) is 40.2 Å². The number of fused-ring (bicyclic) bond motifs is 2. The first-order valence-electron chi connectivity index (χ1n) is 15.8. The van der Waals surface area contributed by atoms with Gasteiger partial charge in [-0.15, -0.1) is 0 Å². The van der Waals surface area contributed by atoms with Crippen LogP contribution in [0.2, 0.25) is 0 Å². The highest BCUT2D eigenvalue weighted by atomic mass is 16.5. The number of methoxy groups -OCH3 is 4. The molecule has 0 saturated heterocycles. The van der Waals surface area contributed by atoms with Crippen LogP contribution in [0.25, 0.3) is 0 Å². The second-order valence-corrected chi connectivity index (χ2v) is 12.3. The minimum atomic E-state index is 0.112. The second-order valence-electron chi connectivity index (χ2n) is 12.3. The van der Waals surface area contributed by atoms with Gasteiger partial charge in [0.2, 0.25) is 0 Å². The van der Waals surface area contributed by atoms with E-state index in [2.05, 4.69) is 60.3 Å². The molecule has 0 saturated carbocycles. The lowest BCUT2D eigenvalue weighted by Crippen LogP contribution is -2.33. The van der Waals surface area contributed by atoms with Gasteiger partial charge in [-0.05, 0) is 122 Å². The fourth-order valence-corrected chi connectivity index (χ4v) is 6.87. The Labute approximate surface area is 272 Å². The Morgan fingerprint density at radius 2 is 1.04 bits per heavy atom. The first-order valence-corrected chi connectivity index (χ1v) is 15.8. The van der Waals surface area contributed by atoms with Crippen molar-refractivity contribution in [2.75, 3.05) is 55.6 Å². The van der Waals surface area contributed by atoms with Crippen LogP contribution in [-0.4, -0.2) is 70.5 Å². The summed E-state index contributed by atoms with van der Waals surface area (Å²) in [7, 11) is 11.0. The summed E-state index contributed by atoms with van der Waals surface area (Å²) in [5.74, 6) is 4.25. The summed E-state index contributed by atoms with van der Waals surface area (Å²) in [4.78, 5) is 4.77. The van der Waals surface area contributed by atoms with Crippen molar-refractivity contribution >= 4 is 0 Å². The summed E-state index contributed by atoms with van der Waals surface area (Å²) in [6.45, 7) is 1.93. The lowest BCUT2D eigenvalue weighted by molar-refractivity contribution is 0.227. The third-order valence-corrected chi connectivity index (χ3v) is 9.57. The summed E-state index contributed by atoms with van der Waals surface area (Å²) >= 11 is 0. The van der Waals surface area contributed by atoms with Crippen molar-refractivity contribution in [2.24, 2.45) is 0 Å². The van der Waals surface area contributed by atoms with Gasteiger partial charge in [0.05, 0.1) is 28.4 Å². The van der Waals surface area contributed by atoms with E-state index in [1.807, 2.05) is 24.3 Å². The number of phenolic OH excluding ortho intramolecular Hbond substituents is 1. The van der Waals surface area contributed by atoms with Crippen LogP contribution in [0.5, 0.6) is 40.2 Å². The van der Waals surface area contributed by atoms with Crippen LogP contribution in [0, 0.1) is 0 Å². The van der Waals surface area contributed by atoms with E-state index in [1.54, 1.807) is 34.5 Å². The van der Waals surface area contributed by atoms with Gasteiger partial charge in [-0.1, -0.05) is 18.2 Å². The Kier molecular flexibility index (Phi) is 9.29. The largest absolute Gasteiger partial charge is 0.504 e. The number of hydrogen-bond donors (Lipinski definition) is 1. The summed E-state index contributed by atoms with van der Waals surface area (Å²) in [5.41, 5.74) is 7.38. The molecule has 6 rings (SSSR count). The van der Waals surface area contributed by atoms with Crippen LogP contribution in [0.1, 0.15) is 45.5 Å². The molecular formula is C38H44N2O6. The smallest absolute Gasteiger partial charge is 0.169 e. The van der Waals surface area contributed by atoms with Crippen molar-refractivity contribution in [3.63, 3.8) is 0 Å². The van der Waals surface area contributed by atoms with Crippen LogP contribution in [0.15, 0.2) is 66.7 Å². The maximum atomic E-state index is 10.7. The molecule has 46 heavy (non-hydrogen) atoms. The van der Waals surface area contributed by atoms with E-state index in [4.69, 9.17) is 23.7 Å². The number of benzene rings is 4. The van der Waals surface area contributed by atoms with Gasteiger partial charge < -0.3 is 28.8 Å². The van der Waals surface area contributed by atoms with Crippen molar-refractivity contribution in [2.45, 2.75) is 37.8 Å². The van der Waals surface area contributed by atoms with Crippen LogP contribution in [0.4, 0.5) is 0 Å². The van der Waals surface area contributed by atoms with Gasteiger partial charge in [-0.3, -0.25) is 9.80 Å². The van der Waals surface area contributed by atoms with Gasteiger partial charge in [-0.25, -0.2) is 0 Å². The van der Waals surface area contributed by atoms with Crippen LogP contribution in [-0.2, 0) is 25.7 Å². The summed E-state index contributed by atoms with van der Waals surface area (Å²) in [6, 6.07) is 22.6. The second kappa shape index (κ2) is 13.5. The maximum absolute atomic E-state index is 10.7. The normalized spacial score (nSPS) is 18.0. The summed E-state index contributed by atoms with van der Waals surface area (Å²) < 4.78 is 28.6. The minimum absolute atomic E-state index is 0.112. The van der Waals surface area contributed by atoms with Crippen molar-refractivity contribution < 1.29 is 28.8 Å². The molecule has 2 heterocycles. The molecule has 242 valence electrons. The molecular weight excluding hydrogens is 580 g/mol. The zero-order valence-electron chi connectivity index (χ0n) is 27.6. The average molecular weight is 625 g/mol. The molecule has 1 N–H and O–H groups in total. The molecule has 8 nitrogen and oxygen atoms in total.